The van der Waals surface area contributed by atoms with Gasteiger partial charge in [0.15, 0.2) is 0 Å². The van der Waals surface area contributed by atoms with Gasteiger partial charge in [-0.1, -0.05) is 36.4 Å². The minimum atomic E-state index is -0.804. The molecule has 1 aromatic heterocycles. The third kappa shape index (κ3) is 5.28. The van der Waals surface area contributed by atoms with Gasteiger partial charge in [-0.2, -0.15) is 5.10 Å². The molecule has 1 heterocycles. The Labute approximate surface area is 183 Å². The number of amides is 2. The number of carbonyl (C=O) groups excluding carboxylic acids is 2. The summed E-state index contributed by atoms with van der Waals surface area (Å²) in [5.74, 6) is -1.53. The first-order valence-electron chi connectivity index (χ1n) is 10.2. The van der Waals surface area contributed by atoms with Crippen molar-refractivity contribution in [1.29, 1.82) is 0 Å². The van der Waals surface area contributed by atoms with Crippen LogP contribution in [0.2, 0.25) is 0 Å². The summed E-state index contributed by atoms with van der Waals surface area (Å²) in [5.41, 5.74) is 9.64. The summed E-state index contributed by atoms with van der Waals surface area (Å²) in [4.78, 5) is 24.3. The molecule has 6 heteroatoms. The average Bonchev–Trinajstić information content (AvgIpc) is 3.00. The van der Waals surface area contributed by atoms with Crippen LogP contribution in [-0.4, -0.2) is 22.6 Å². The fourth-order valence-electron chi connectivity index (χ4n) is 3.69. The molecular weight excluding hydrogens is 388 g/mol. The monoisotopic (exact) mass is 416 g/mol. The molecule has 0 aliphatic rings. The van der Waals surface area contributed by atoms with Crippen LogP contribution in [0.4, 0.5) is 0 Å². The topological polar surface area (TPSA) is 75.5 Å². The summed E-state index contributed by atoms with van der Waals surface area (Å²) >= 11 is 0. The van der Waals surface area contributed by atoms with E-state index in [4.69, 9.17) is 0 Å². The van der Waals surface area contributed by atoms with E-state index in [0.717, 1.165) is 28.2 Å². The number of hydrogen-bond donors (Lipinski definition) is 2. The molecule has 31 heavy (non-hydrogen) atoms. The van der Waals surface area contributed by atoms with E-state index in [1.165, 1.54) is 11.1 Å². The van der Waals surface area contributed by atoms with Crippen molar-refractivity contribution >= 4 is 18.0 Å². The number of aromatic nitrogens is 1. The number of hydrazone groups is 1. The molecule has 3 rings (SSSR count). The molecule has 0 bridgehead atoms. The van der Waals surface area contributed by atoms with Crippen LogP contribution in [-0.2, 0) is 9.59 Å². The molecule has 0 saturated heterocycles. The normalized spacial score (nSPS) is 12.0. The predicted molar refractivity (Wildman–Crippen MR) is 123 cm³/mol. The summed E-state index contributed by atoms with van der Waals surface area (Å²) in [6, 6.07) is 17.6. The smallest absolute Gasteiger partial charge is 0.329 e. The number of hydrogen-bond acceptors (Lipinski definition) is 3. The zero-order valence-corrected chi connectivity index (χ0v) is 18.6. The van der Waals surface area contributed by atoms with E-state index in [2.05, 4.69) is 52.5 Å². The van der Waals surface area contributed by atoms with Crippen LogP contribution in [0.5, 0.6) is 0 Å². The largest absolute Gasteiger partial charge is 0.341 e. The molecule has 0 spiro atoms. The van der Waals surface area contributed by atoms with Crippen LogP contribution in [0, 0.1) is 27.7 Å². The van der Waals surface area contributed by atoms with Gasteiger partial charge in [0.05, 0.1) is 12.3 Å². The zero-order chi connectivity index (χ0) is 22.5. The van der Waals surface area contributed by atoms with Crippen molar-refractivity contribution in [1.82, 2.24) is 15.3 Å². The fraction of sp³-hybridized carbons (Fsp3) is 0.240. The van der Waals surface area contributed by atoms with Gasteiger partial charge in [-0.3, -0.25) is 9.59 Å². The van der Waals surface area contributed by atoms with Gasteiger partial charge in [-0.15, -0.1) is 0 Å². The molecule has 6 nitrogen and oxygen atoms in total. The third-order valence-electron chi connectivity index (χ3n) is 5.16. The molecular formula is C25H28N4O2. The Hall–Kier alpha value is -3.67. The molecule has 2 aromatic carbocycles. The van der Waals surface area contributed by atoms with Gasteiger partial charge >= 0.3 is 11.8 Å². The van der Waals surface area contributed by atoms with Crippen LogP contribution < -0.4 is 10.7 Å². The van der Waals surface area contributed by atoms with E-state index in [0.29, 0.717) is 0 Å². The zero-order valence-electron chi connectivity index (χ0n) is 18.6. The van der Waals surface area contributed by atoms with Crippen molar-refractivity contribution in [2.24, 2.45) is 5.10 Å². The predicted octanol–water partition coefficient (Wildman–Crippen LogP) is 4.04. The first-order valence-corrected chi connectivity index (χ1v) is 10.2. The van der Waals surface area contributed by atoms with Crippen molar-refractivity contribution < 1.29 is 9.59 Å². The van der Waals surface area contributed by atoms with Gasteiger partial charge in [0.2, 0.25) is 0 Å². The minimum Gasteiger partial charge on any atom is -0.341 e. The summed E-state index contributed by atoms with van der Waals surface area (Å²) in [6.45, 7) is 10.0. The van der Waals surface area contributed by atoms with E-state index in [1.807, 2.05) is 57.2 Å². The van der Waals surface area contributed by atoms with Crippen molar-refractivity contribution in [3.05, 3.63) is 88.2 Å². The Morgan fingerprint density at radius 1 is 0.935 bits per heavy atom. The maximum absolute atomic E-state index is 12.1. The highest BCUT2D eigenvalue weighted by Gasteiger charge is 2.16. The van der Waals surface area contributed by atoms with Crippen LogP contribution in [0.15, 0.2) is 59.7 Å². The van der Waals surface area contributed by atoms with E-state index < -0.39 is 11.8 Å². The highest BCUT2D eigenvalue weighted by Crippen LogP contribution is 2.21. The van der Waals surface area contributed by atoms with Gasteiger partial charge in [-0.05, 0) is 69.5 Å². The number of benzene rings is 2. The molecule has 2 N–H and O–H groups in total. The van der Waals surface area contributed by atoms with Crippen molar-refractivity contribution in [3.63, 3.8) is 0 Å². The van der Waals surface area contributed by atoms with E-state index in [-0.39, 0.29) is 6.04 Å². The lowest BCUT2D eigenvalue weighted by molar-refractivity contribution is -0.139. The Morgan fingerprint density at radius 3 is 2.23 bits per heavy atom. The summed E-state index contributed by atoms with van der Waals surface area (Å²) < 4.78 is 2.15. The minimum absolute atomic E-state index is 0.278. The maximum atomic E-state index is 12.1. The molecule has 0 unspecified atom stereocenters. The Morgan fingerprint density at radius 2 is 1.58 bits per heavy atom. The number of rotatable bonds is 5. The summed E-state index contributed by atoms with van der Waals surface area (Å²) in [6.07, 6.45) is 1.56. The van der Waals surface area contributed by atoms with Gasteiger partial charge in [-0.25, -0.2) is 5.43 Å². The van der Waals surface area contributed by atoms with E-state index >= 15 is 0 Å². The molecule has 3 aromatic rings. The molecule has 1 atom stereocenters. The average molecular weight is 417 g/mol. The number of nitrogens with zero attached hydrogens (tertiary/aromatic N) is 2. The molecule has 0 aliphatic heterocycles. The molecule has 0 fully saturated rings. The number of aryl methyl sites for hydroxylation is 3. The van der Waals surface area contributed by atoms with E-state index in [1.54, 1.807) is 6.21 Å². The number of carbonyl (C=O) groups is 2. The summed E-state index contributed by atoms with van der Waals surface area (Å²) in [7, 11) is 0. The van der Waals surface area contributed by atoms with Crippen LogP contribution >= 0.6 is 0 Å². The first-order chi connectivity index (χ1) is 14.8. The van der Waals surface area contributed by atoms with Crippen LogP contribution in [0.1, 0.15) is 46.6 Å². The Bertz CT molecular complexity index is 1110. The van der Waals surface area contributed by atoms with Gasteiger partial charge in [0, 0.05) is 22.6 Å². The fourth-order valence-corrected chi connectivity index (χ4v) is 3.69. The molecule has 0 aliphatic carbocycles. The second kappa shape index (κ2) is 9.43. The second-order valence-corrected chi connectivity index (χ2v) is 7.81. The maximum Gasteiger partial charge on any atom is 0.329 e. The molecule has 0 radical (unpaired) electrons. The lowest BCUT2D eigenvalue weighted by Crippen LogP contribution is -2.39. The van der Waals surface area contributed by atoms with Crippen molar-refractivity contribution in [2.45, 2.75) is 40.7 Å². The highest BCUT2D eigenvalue weighted by molar-refractivity contribution is 6.35. The van der Waals surface area contributed by atoms with Crippen LogP contribution in [0.3, 0.4) is 0 Å². The van der Waals surface area contributed by atoms with E-state index in [9.17, 15) is 9.59 Å². The Balaban J connectivity index is 1.67. The van der Waals surface area contributed by atoms with Crippen molar-refractivity contribution in [2.75, 3.05) is 0 Å². The summed E-state index contributed by atoms with van der Waals surface area (Å²) in [5, 5.41) is 6.66. The second-order valence-electron chi connectivity index (χ2n) is 7.81. The van der Waals surface area contributed by atoms with Gasteiger partial charge in [0.25, 0.3) is 0 Å². The van der Waals surface area contributed by atoms with Crippen LogP contribution in [0.25, 0.3) is 5.69 Å². The molecule has 160 valence electrons. The van der Waals surface area contributed by atoms with Gasteiger partial charge < -0.3 is 9.88 Å². The quantitative estimate of drug-likeness (QED) is 0.374. The third-order valence-corrected chi connectivity index (χ3v) is 5.16. The lowest BCUT2D eigenvalue weighted by atomic mass is 10.1. The highest BCUT2D eigenvalue weighted by atomic mass is 16.2. The SMILES string of the molecule is Cc1cc(C)cc(-n2c(C)cc(/C=N\NC(=O)C(=O)N[C@H](C)c3ccccc3)c2C)c1. The van der Waals surface area contributed by atoms with Crippen molar-refractivity contribution in [3.8, 4) is 5.69 Å². The standard InChI is InChI=1S/C25H28N4O2/c1-16-11-17(2)13-23(12-16)29-18(3)14-22(20(29)5)15-26-28-25(31)24(30)27-19(4)21-9-7-6-8-10-21/h6-15,19H,1-5H3,(H,27,30)(H,28,31)/b26-15-/t19-/m1/s1. The van der Waals surface area contributed by atoms with Gasteiger partial charge in [0.1, 0.15) is 0 Å². The number of nitrogens with one attached hydrogen (secondary N) is 2. The molecule has 0 saturated carbocycles. The molecule has 2 amide bonds. The first kappa shape index (κ1) is 22.0. The lowest BCUT2D eigenvalue weighted by Gasteiger charge is -2.13. The Kier molecular flexibility index (Phi) is 6.70.